The zero-order valence-electron chi connectivity index (χ0n) is 9.77. The fraction of sp³-hybridized carbons (Fsp3) is 0.500. The van der Waals surface area contributed by atoms with E-state index in [1.54, 1.807) is 19.3 Å². The zero-order valence-corrected chi connectivity index (χ0v) is 9.77. The Hall–Kier alpha value is -1.62. The van der Waals surface area contributed by atoms with Crippen LogP contribution in [0.25, 0.3) is 0 Å². The van der Waals surface area contributed by atoms with Crippen LogP contribution in [-0.2, 0) is 4.74 Å². The first-order valence-corrected chi connectivity index (χ1v) is 5.71. The molecule has 0 spiro atoms. The summed E-state index contributed by atoms with van der Waals surface area (Å²) in [5.41, 5.74) is 1.15. The van der Waals surface area contributed by atoms with Gasteiger partial charge in [-0.15, -0.1) is 0 Å². The third kappa shape index (κ3) is 2.39. The third-order valence-electron chi connectivity index (χ3n) is 3.10. The number of carboxylic acids is 1. The van der Waals surface area contributed by atoms with Crippen LogP contribution in [0.3, 0.4) is 0 Å². The molecule has 1 aromatic heterocycles. The summed E-state index contributed by atoms with van der Waals surface area (Å²) in [6.07, 6.45) is 3.39. The molecule has 2 heterocycles. The van der Waals surface area contributed by atoms with Crippen molar-refractivity contribution in [1.29, 1.82) is 0 Å². The molecule has 0 aromatic carbocycles. The molecule has 1 aliphatic rings. The van der Waals surface area contributed by atoms with E-state index in [0.29, 0.717) is 24.6 Å². The van der Waals surface area contributed by atoms with Crippen LogP contribution >= 0.6 is 0 Å². The fourth-order valence-electron chi connectivity index (χ4n) is 2.24. The van der Waals surface area contributed by atoms with Gasteiger partial charge in [0.15, 0.2) is 0 Å². The van der Waals surface area contributed by atoms with Crippen LogP contribution < -0.4 is 5.32 Å². The number of carbonyl (C=O) groups is 1. The zero-order chi connectivity index (χ0) is 12.3. The maximum Gasteiger partial charge on any atom is 0.339 e. The van der Waals surface area contributed by atoms with Gasteiger partial charge in [0.25, 0.3) is 0 Å². The van der Waals surface area contributed by atoms with Crippen molar-refractivity contribution in [2.45, 2.75) is 18.8 Å². The van der Waals surface area contributed by atoms with Crippen LogP contribution in [0.2, 0.25) is 0 Å². The molecule has 5 heteroatoms. The van der Waals surface area contributed by atoms with Crippen LogP contribution in [0, 0.1) is 0 Å². The lowest BCUT2D eigenvalue weighted by Crippen LogP contribution is -2.18. The Bertz CT molecular complexity index is 414. The monoisotopic (exact) mass is 236 g/mol. The Labute approximate surface area is 99.8 Å². The maximum absolute atomic E-state index is 11.3. The highest BCUT2D eigenvalue weighted by Gasteiger charge is 2.24. The average Bonchev–Trinajstić information content (AvgIpc) is 2.38. The van der Waals surface area contributed by atoms with Gasteiger partial charge in [-0.1, -0.05) is 0 Å². The lowest BCUT2D eigenvalue weighted by atomic mass is 9.89. The summed E-state index contributed by atoms with van der Waals surface area (Å²) in [5.74, 6) is -0.240. The summed E-state index contributed by atoms with van der Waals surface area (Å²) in [4.78, 5) is 15.4. The Balaban J connectivity index is 2.40. The summed E-state index contributed by atoms with van der Waals surface area (Å²) in [6, 6.07) is 1.81. The van der Waals surface area contributed by atoms with Crippen LogP contribution in [0.4, 0.5) is 5.82 Å². The van der Waals surface area contributed by atoms with E-state index in [1.165, 1.54) is 0 Å². The van der Waals surface area contributed by atoms with Crippen molar-refractivity contribution in [2.24, 2.45) is 0 Å². The van der Waals surface area contributed by atoms with Crippen LogP contribution in [0.15, 0.2) is 12.3 Å². The molecule has 0 unspecified atom stereocenters. The number of aromatic carboxylic acids is 1. The van der Waals surface area contributed by atoms with Gasteiger partial charge in [-0.2, -0.15) is 0 Å². The SMILES string of the molecule is CNc1nccc(C2CCOCC2)c1C(=O)O. The number of anilines is 1. The number of nitrogens with one attached hydrogen (secondary N) is 1. The lowest BCUT2D eigenvalue weighted by molar-refractivity contribution is 0.0686. The van der Waals surface area contributed by atoms with E-state index in [1.807, 2.05) is 0 Å². The molecule has 0 amide bonds. The molecule has 0 bridgehead atoms. The fourth-order valence-corrected chi connectivity index (χ4v) is 2.24. The minimum absolute atomic E-state index is 0.255. The van der Waals surface area contributed by atoms with E-state index in [4.69, 9.17) is 4.74 Å². The Morgan fingerprint density at radius 1 is 1.53 bits per heavy atom. The van der Waals surface area contributed by atoms with E-state index in [-0.39, 0.29) is 5.92 Å². The average molecular weight is 236 g/mol. The van der Waals surface area contributed by atoms with Crippen LogP contribution in [0.1, 0.15) is 34.7 Å². The van der Waals surface area contributed by atoms with Crippen molar-refractivity contribution >= 4 is 11.8 Å². The third-order valence-corrected chi connectivity index (χ3v) is 3.10. The predicted octanol–water partition coefficient (Wildman–Crippen LogP) is 1.72. The van der Waals surface area contributed by atoms with Gasteiger partial charge < -0.3 is 15.2 Å². The number of rotatable bonds is 3. The molecule has 1 saturated heterocycles. The highest BCUT2D eigenvalue weighted by Crippen LogP contribution is 2.31. The molecule has 0 atom stereocenters. The molecule has 92 valence electrons. The largest absolute Gasteiger partial charge is 0.478 e. The van der Waals surface area contributed by atoms with Crippen LogP contribution in [0.5, 0.6) is 0 Å². The van der Waals surface area contributed by atoms with Gasteiger partial charge in [-0.3, -0.25) is 0 Å². The van der Waals surface area contributed by atoms with Crippen molar-refractivity contribution in [3.63, 3.8) is 0 Å². The second-order valence-corrected chi connectivity index (χ2v) is 4.07. The Kier molecular flexibility index (Phi) is 3.58. The number of nitrogens with zero attached hydrogens (tertiary/aromatic N) is 1. The number of ether oxygens (including phenoxy) is 1. The van der Waals surface area contributed by atoms with Gasteiger partial charge in [-0.05, 0) is 30.4 Å². The lowest BCUT2D eigenvalue weighted by Gasteiger charge is -2.24. The number of pyridine rings is 1. The quantitative estimate of drug-likeness (QED) is 0.836. The van der Waals surface area contributed by atoms with Gasteiger partial charge >= 0.3 is 5.97 Å². The second-order valence-electron chi connectivity index (χ2n) is 4.07. The van der Waals surface area contributed by atoms with Crippen molar-refractivity contribution in [2.75, 3.05) is 25.6 Å². The molecule has 2 N–H and O–H groups in total. The molecule has 1 fully saturated rings. The second kappa shape index (κ2) is 5.14. The minimum atomic E-state index is -0.927. The first kappa shape index (κ1) is 11.9. The highest BCUT2D eigenvalue weighted by atomic mass is 16.5. The first-order chi connectivity index (χ1) is 8.24. The number of hydrogen-bond donors (Lipinski definition) is 2. The van der Waals surface area contributed by atoms with Gasteiger partial charge in [0.1, 0.15) is 11.4 Å². The highest BCUT2D eigenvalue weighted by molar-refractivity contribution is 5.95. The molecule has 0 aliphatic carbocycles. The molecule has 0 saturated carbocycles. The normalized spacial score (nSPS) is 16.8. The standard InChI is InChI=1S/C12H16N2O3/c1-13-11-10(12(15)16)9(2-5-14-11)8-3-6-17-7-4-8/h2,5,8H,3-4,6-7H2,1H3,(H,13,14)(H,15,16). The molecule has 17 heavy (non-hydrogen) atoms. The van der Waals surface area contributed by atoms with Crippen molar-refractivity contribution in [3.05, 3.63) is 23.4 Å². The van der Waals surface area contributed by atoms with Crippen molar-refractivity contribution in [1.82, 2.24) is 4.98 Å². The van der Waals surface area contributed by atoms with E-state index >= 15 is 0 Å². The van der Waals surface area contributed by atoms with Gasteiger partial charge in [0.05, 0.1) is 0 Å². The molecule has 1 aliphatic heterocycles. The van der Waals surface area contributed by atoms with E-state index in [9.17, 15) is 9.90 Å². The van der Waals surface area contributed by atoms with E-state index < -0.39 is 5.97 Å². The molecule has 2 rings (SSSR count). The predicted molar refractivity (Wildman–Crippen MR) is 63.5 cm³/mol. The van der Waals surface area contributed by atoms with E-state index in [2.05, 4.69) is 10.3 Å². The first-order valence-electron chi connectivity index (χ1n) is 5.71. The molecule has 5 nitrogen and oxygen atoms in total. The Morgan fingerprint density at radius 3 is 2.82 bits per heavy atom. The molecule has 1 aromatic rings. The van der Waals surface area contributed by atoms with Crippen molar-refractivity contribution in [3.8, 4) is 0 Å². The molecular formula is C12H16N2O3. The van der Waals surface area contributed by atoms with Gasteiger partial charge in [0, 0.05) is 26.5 Å². The van der Waals surface area contributed by atoms with Gasteiger partial charge in [0.2, 0.25) is 0 Å². The van der Waals surface area contributed by atoms with Crippen molar-refractivity contribution < 1.29 is 14.6 Å². The van der Waals surface area contributed by atoms with Crippen LogP contribution in [-0.4, -0.2) is 36.3 Å². The topological polar surface area (TPSA) is 71.5 Å². The van der Waals surface area contributed by atoms with Gasteiger partial charge in [-0.25, -0.2) is 9.78 Å². The Morgan fingerprint density at radius 2 is 2.24 bits per heavy atom. The minimum Gasteiger partial charge on any atom is -0.478 e. The van der Waals surface area contributed by atoms with E-state index in [0.717, 1.165) is 18.4 Å². The summed E-state index contributed by atoms with van der Waals surface area (Å²) in [5, 5.41) is 12.1. The number of carboxylic acid groups (broad SMARTS) is 1. The summed E-state index contributed by atoms with van der Waals surface area (Å²) >= 11 is 0. The maximum atomic E-state index is 11.3. The number of hydrogen-bond acceptors (Lipinski definition) is 4. The number of aromatic nitrogens is 1. The summed E-state index contributed by atoms with van der Waals surface area (Å²) < 4.78 is 5.30. The smallest absolute Gasteiger partial charge is 0.339 e. The summed E-state index contributed by atoms with van der Waals surface area (Å²) in [7, 11) is 1.68. The molecular weight excluding hydrogens is 220 g/mol. The molecule has 0 radical (unpaired) electrons. The summed E-state index contributed by atoms with van der Waals surface area (Å²) in [6.45, 7) is 1.39.